The number of halogens is 1. The van der Waals surface area contributed by atoms with Crippen molar-refractivity contribution in [3.63, 3.8) is 0 Å². The topological polar surface area (TPSA) is 81.3 Å². The van der Waals surface area contributed by atoms with Crippen molar-refractivity contribution in [1.29, 1.82) is 0 Å². The molecule has 116 valence electrons. The lowest BCUT2D eigenvalue weighted by Gasteiger charge is -2.16. The number of benzene rings is 1. The summed E-state index contributed by atoms with van der Waals surface area (Å²) in [5.74, 6) is -0.640. The summed E-state index contributed by atoms with van der Waals surface area (Å²) in [6, 6.07) is 9.54. The Bertz CT molecular complexity index is 700. The number of carbonyl (C=O) groups is 1. The largest absolute Gasteiger partial charge is 0.408 e. The summed E-state index contributed by atoms with van der Waals surface area (Å²) < 4.78 is 1.25. The van der Waals surface area contributed by atoms with Gasteiger partial charge in [-0.05, 0) is 17.4 Å². The molecule has 8 heteroatoms. The van der Waals surface area contributed by atoms with Crippen molar-refractivity contribution in [1.82, 2.24) is 14.7 Å². The number of nitro groups is 1. The van der Waals surface area contributed by atoms with Crippen LogP contribution in [-0.2, 0) is 17.9 Å². The maximum absolute atomic E-state index is 12.2. The third kappa shape index (κ3) is 3.43. The third-order valence-electron chi connectivity index (χ3n) is 3.26. The lowest BCUT2D eigenvalue weighted by atomic mass is 10.2. The van der Waals surface area contributed by atoms with E-state index in [0.717, 1.165) is 5.56 Å². The van der Waals surface area contributed by atoms with Crippen molar-refractivity contribution in [2.45, 2.75) is 20.0 Å². The van der Waals surface area contributed by atoms with Crippen molar-refractivity contribution >= 4 is 23.3 Å². The smallest absolute Gasteiger partial charge is 0.358 e. The van der Waals surface area contributed by atoms with Crippen molar-refractivity contribution < 1.29 is 9.72 Å². The van der Waals surface area contributed by atoms with E-state index in [-0.39, 0.29) is 17.5 Å². The van der Waals surface area contributed by atoms with Gasteiger partial charge in [-0.2, -0.15) is 4.68 Å². The van der Waals surface area contributed by atoms with Gasteiger partial charge in [0, 0.05) is 13.6 Å². The normalized spacial score (nSPS) is 10.5. The SMILES string of the molecule is Cc1c(Cl)c([N+](=O)[O-])nn1CC(=O)N(C)Cc1ccccc1. The zero-order valence-electron chi connectivity index (χ0n) is 12.2. The summed E-state index contributed by atoms with van der Waals surface area (Å²) in [5.41, 5.74) is 1.40. The molecule has 1 amide bonds. The van der Waals surface area contributed by atoms with Gasteiger partial charge in [0.1, 0.15) is 6.54 Å². The van der Waals surface area contributed by atoms with Gasteiger partial charge in [-0.15, -0.1) is 0 Å². The molecule has 22 heavy (non-hydrogen) atoms. The van der Waals surface area contributed by atoms with E-state index in [1.807, 2.05) is 30.3 Å². The minimum Gasteiger partial charge on any atom is -0.358 e. The molecule has 1 heterocycles. The maximum Gasteiger partial charge on any atom is 0.408 e. The summed E-state index contributed by atoms with van der Waals surface area (Å²) in [6.45, 7) is 1.95. The molecule has 0 aliphatic carbocycles. The molecule has 0 saturated heterocycles. The molecule has 0 fully saturated rings. The van der Waals surface area contributed by atoms with Crippen LogP contribution in [0.5, 0.6) is 0 Å². The molecule has 0 spiro atoms. The highest BCUT2D eigenvalue weighted by Gasteiger charge is 2.25. The van der Waals surface area contributed by atoms with Crippen LogP contribution in [-0.4, -0.2) is 32.6 Å². The molecule has 0 saturated carbocycles. The highest BCUT2D eigenvalue weighted by Crippen LogP contribution is 2.26. The van der Waals surface area contributed by atoms with E-state index >= 15 is 0 Å². The minimum atomic E-state index is -0.663. The number of hydrogen-bond donors (Lipinski definition) is 0. The van der Waals surface area contributed by atoms with E-state index in [0.29, 0.717) is 12.2 Å². The van der Waals surface area contributed by atoms with Crippen LogP contribution in [0.3, 0.4) is 0 Å². The van der Waals surface area contributed by atoms with E-state index in [4.69, 9.17) is 11.6 Å². The Kier molecular flexibility index (Phi) is 4.77. The maximum atomic E-state index is 12.2. The van der Waals surface area contributed by atoms with Crippen LogP contribution in [0.1, 0.15) is 11.3 Å². The van der Waals surface area contributed by atoms with E-state index in [9.17, 15) is 14.9 Å². The standard InChI is InChI=1S/C14H15ClN4O3/c1-10-13(15)14(19(21)22)16-18(10)9-12(20)17(2)8-11-6-4-3-5-7-11/h3-7H,8-9H2,1-2H3. The van der Waals surface area contributed by atoms with Gasteiger partial charge >= 0.3 is 5.82 Å². The Hall–Kier alpha value is -2.41. The fraction of sp³-hybridized carbons (Fsp3) is 0.286. The summed E-state index contributed by atoms with van der Waals surface area (Å²) in [5, 5.41) is 14.5. The zero-order chi connectivity index (χ0) is 16.3. The van der Waals surface area contributed by atoms with Gasteiger partial charge < -0.3 is 15.0 Å². The van der Waals surface area contributed by atoms with E-state index < -0.39 is 10.7 Å². The van der Waals surface area contributed by atoms with Gasteiger partial charge in [0.25, 0.3) is 0 Å². The van der Waals surface area contributed by atoms with Crippen molar-refractivity contribution in [3.05, 3.63) is 56.7 Å². The Morgan fingerprint density at radius 1 is 1.41 bits per heavy atom. The van der Waals surface area contributed by atoms with Crippen LogP contribution in [0.25, 0.3) is 0 Å². The number of aromatic nitrogens is 2. The molecule has 0 bridgehead atoms. The highest BCUT2D eigenvalue weighted by atomic mass is 35.5. The Balaban J connectivity index is 2.09. The predicted molar refractivity (Wildman–Crippen MR) is 81.5 cm³/mol. The second-order valence-corrected chi connectivity index (χ2v) is 5.25. The summed E-state index contributed by atoms with van der Waals surface area (Å²) in [7, 11) is 1.67. The van der Waals surface area contributed by atoms with Crippen LogP contribution >= 0.6 is 11.6 Å². The summed E-state index contributed by atoms with van der Waals surface area (Å²) >= 11 is 5.85. The van der Waals surface area contributed by atoms with Crippen molar-refractivity contribution in [3.8, 4) is 0 Å². The van der Waals surface area contributed by atoms with Crippen LogP contribution in [0.15, 0.2) is 30.3 Å². The Labute approximate surface area is 132 Å². The number of carbonyl (C=O) groups excluding carboxylic acids is 1. The summed E-state index contributed by atoms with van der Waals surface area (Å²) in [4.78, 5) is 23.9. The van der Waals surface area contributed by atoms with Crippen molar-refractivity contribution in [2.24, 2.45) is 0 Å². The average molecular weight is 323 g/mol. The fourth-order valence-corrected chi connectivity index (χ4v) is 2.18. The molecule has 0 unspecified atom stereocenters. The van der Waals surface area contributed by atoms with Gasteiger partial charge in [0.05, 0.1) is 10.8 Å². The first-order chi connectivity index (χ1) is 10.4. The van der Waals surface area contributed by atoms with Crippen molar-refractivity contribution in [2.75, 3.05) is 7.05 Å². The first kappa shape index (κ1) is 16.0. The van der Waals surface area contributed by atoms with Crippen LogP contribution in [0.2, 0.25) is 5.02 Å². The molecule has 2 aromatic rings. The zero-order valence-corrected chi connectivity index (χ0v) is 12.9. The number of amides is 1. The lowest BCUT2D eigenvalue weighted by Crippen LogP contribution is -2.30. The van der Waals surface area contributed by atoms with E-state index in [1.54, 1.807) is 14.0 Å². The average Bonchev–Trinajstić information content (AvgIpc) is 2.76. The van der Waals surface area contributed by atoms with Gasteiger partial charge in [-0.25, -0.2) is 0 Å². The number of nitrogens with zero attached hydrogens (tertiary/aromatic N) is 4. The Morgan fingerprint density at radius 3 is 2.59 bits per heavy atom. The minimum absolute atomic E-state index is 0.0384. The highest BCUT2D eigenvalue weighted by molar-refractivity contribution is 6.33. The molecule has 1 aromatic carbocycles. The molecule has 0 radical (unpaired) electrons. The molecule has 1 aromatic heterocycles. The molecule has 0 aliphatic rings. The quantitative estimate of drug-likeness (QED) is 0.625. The fourth-order valence-electron chi connectivity index (χ4n) is 1.97. The second kappa shape index (κ2) is 6.57. The number of likely N-dealkylation sites (N-methyl/N-ethyl adjacent to an activating group) is 1. The third-order valence-corrected chi connectivity index (χ3v) is 3.71. The van der Waals surface area contributed by atoms with Crippen LogP contribution in [0, 0.1) is 17.0 Å². The number of rotatable bonds is 5. The predicted octanol–water partition coefficient (Wildman–Crippen LogP) is 2.41. The first-order valence-corrected chi connectivity index (χ1v) is 6.93. The van der Waals surface area contributed by atoms with Gasteiger partial charge in [0.2, 0.25) is 5.91 Å². The molecule has 2 rings (SSSR count). The van der Waals surface area contributed by atoms with Crippen LogP contribution in [0.4, 0.5) is 5.82 Å². The first-order valence-electron chi connectivity index (χ1n) is 6.55. The lowest BCUT2D eigenvalue weighted by molar-refractivity contribution is -0.389. The van der Waals surface area contributed by atoms with E-state index in [2.05, 4.69) is 5.10 Å². The van der Waals surface area contributed by atoms with Gasteiger partial charge in [-0.3, -0.25) is 4.79 Å². The molecule has 7 nitrogen and oxygen atoms in total. The molecular weight excluding hydrogens is 308 g/mol. The molecule has 0 N–H and O–H groups in total. The molecular formula is C14H15ClN4O3. The molecule has 0 atom stereocenters. The number of hydrogen-bond acceptors (Lipinski definition) is 4. The van der Waals surface area contributed by atoms with E-state index in [1.165, 1.54) is 9.58 Å². The summed E-state index contributed by atoms with van der Waals surface area (Å²) in [6.07, 6.45) is 0. The second-order valence-electron chi connectivity index (χ2n) is 4.87. The van der Waals surface area contributed by atoms with Gasteiger partial charge in [-0.1, -0.05) is 41.9 Å². The molecule has 0 aliphatic heterocycles. The van der Waals surface area contributed by atoms with Gasteiger partial charge in [0.15, 0.2) is 5.02 Å². The Morgan fingerprint density at radius 2 is 2.05 bits per heavy atom. The van der Waals surface area contributed by atoms with Crippen LogP contribution < -0.4 is 0 Å². The monoisotopic (exact) mass is 322 g/mol.